The minimum Gasteiger partial charge on any atom is -0.394 e. The van der Waals surface area contributed by atoms with Crippen molar-refractivity contribution in [3.63, 3.8) is 0 Å². The lowest BCUT2D eigenvalue weighted by Gasteiger charge is -2.47. The van der Waals surface area contributed by atoms with E-state index in [1.165, 1.54) is 0 Å². The van der Waals surface area contributed by atoms with Crippen LogP contribution in [0.2, 0.25) is 0 Å². The van der Waals surface area contributed by atoms with Gasteiger partial charge in [-0.3, -0.25) is 0 Å². The number of rotatable bonds is 6. The highest BCUT2D eigenvalue weighted by molar-refractivity contribution is 5.01. The third-order valence-corrected chi connectivity index (χ3v) is 6.41. The Morgan fingerprint density at radius 2 is 1.28 bits per heavy atom. The van der Waals surface area contributed by atoms with Gasteiger partial charge in [-0.1, -0.05) is 0 Å². The molecule has 0 aromatic heterocycles. The van der Waals surface area contributed by atoms with E-state index in [-0.39, 0.29) is 19.4 Å². The van der Waals surface area contributed by atoms with Gasteiger partial charge in [0.25, 0.3) is 0 Å². The molecule has 0 spiro atoms. The molecule has 0 radical (unpaired) electrons. The van der Waals surface area contributed by atoms with E-state index in [1.807, 2.05) is 0 Å². The van der Waals surface area contributed by atoms with Crippen LogP contribution in [-0.4, -0.2) is 124 Å². The van der Waals surface area contributed by atoms with E-state index >= 15 is 0 Å². The predicted octanol–water partition coefficient (Wildman–Crippen LogP) is -6.30. The monoisotopic (exact) mass is 467 g/mol. The van der Waals surface area contributed by atoms with Crippen LogP contribution in [0, 0.1) is 0 Å². The fourth-order valence-corrected chi connectivity index (χ4v) is 4.43. The van der Waals surface area contributed by atoms with Gasteiger partial charge in [0.2, 0.25) is 0 Å². The highest BCUT2D eigenvalue weighted by Crippen LogP contribution is 2.30. The summed E-state index contributed by atoms with van der Waals surface area (Å²) in [6, 6.07) is -3.27. The minimum atomic E-state index is -1.44. The van der Waals surface area contributed by atoms with Crippen molar-refractivity contribution in [3.05, 3.63) is 0 Å². The molecular weight excluding hydrogens is 430 g/mol. The summed E-state index contributed by atoms with van der Waals surface area (Å²) in [5.41, 5.74) is 29.8. The first kappa shape index (κ1) is 26.1. The minimum absolute atomic E-state index is 0.0542. The van der Waals surface area contributed by atoms with E-state index in [0.29, 0.717) is 0 Å². The van der Waals surface area contributed by atoms with Crippen LogP contribution in [0.25, 0.3) is 0 Å². The Labute approximate surface area is 185 Å². The summed E-state index contributed by atoms with van der Waals surface area (Å²) in [6.07, 6.45) is -10.8. The average Bonchev–Trinajstić information content (AvgIpc) is 2.75. The highest BCUT2D eigenvalue weighted by Gasteiger charge is 2.50. The summed E-state index contributed by atoms with van der Waals surface area (Å²) in [4.78, 5) is 0. The van der Waals surface area contributed by atoms with Gasteiger partial charge in [0.05, 0.1) is 30.9 Å². The first-order valence-corrected chi connectivity index (χ1v) is 10.8. The zero-order valence-corrected chi connectivity index (χ0v) is 17.7. The molecule has 2 heterocycles. The van der Waals surface area contributed by atoms with E-state index < -0.39 is 92.2 Å². The second-order valence-corrected chi connectivity index (χ2v) is 8.78. The van der Waals surface area contributed by atoms with Gasteiger partial charge in [-0.25, -0.2) is 0 Å². The van der Waals surface area contributed by atoms with Crippen LogP contribution in [0.4, 0.5) is 0 Å². The van der Waals surface area contributed by atoms with E-state index in [4.69, 9.17) is 47.6 Å². The van der Waals surface area contributed by atoms with Crippen LogP contribution in [0.1, 0.15) is 12.8 Å². The summed E-state index contributed by atoms with van der Waals surface area (Å²) in [5.74, 6) is 0. The van der Waals surface area contributed by atoms with Crippen LogP contribution in [0.15, 0.2) is 0 Å². The first-order chi connectivity index (χ1) is 15.1. The second-order valence-electron chi connectivity index (χ2n) is 8.78. The van der Waals surface area contributed by atoms with Crippen molar-refractivity contribution in [1.82, 2.24) is 0 Å². The molecule has 3 fully saturated rings. The van der Waals surface area contributed by atoms with Gasteiger partial charge in [-0.2, -0.15) is 0 Å². The summed E-state index contributed by atoms with van der Waals surface area (Å²) in [6.45, 7) is -0.499. The number of hydrogen-bond donors (Lipinski definition) is 10. The maximum Gasteiger partial charge on any atom is 0.186 e. The molecule has 2 saturated heterocycles. The maximum absolute atomic E-state index is 11.0. The molecule has 1 aliphatic carbocycles. The average molecular weight is 468 g/mol. The number of hydrogen-bond acceptors (Lipinski definition) is 14. The van der Waals surface area contributed by atoms with Crippen LogP contribution in [0.3, 0.4) is 0 Å². The molecule has 188 valence electrons. The second kappa shape index (κ2) is 10.8. The van der Waals surface area contributed by atoms with Gasteiger partial charge in [-0.15, -0.1) is 0 Å². The molecule has 0 aromatic rings. The Kier molecular flexibility index (Phi) is 8.79. The third-order valence-electron chi connectivity index (χ3n) is 6.41. The first-order valence-electron chi connectivity index (χ1n) is 10.8. The molecule has 2 aliphatic heterocycles. The molecule has 6 unspecified atom stereocenters. The molecule has 14 atom stereocenters. The zero-order valence-electron chi connectivity index (χ0n) is 17.7. The summed E-state index contributed by atoms with van der Waals surface area (Å²) < 4.78 is 22.7. The van der Waals surface area contributed by atoms with E-state index in [9.17, 15) is 25.5 Å². The van der Waals surface area contributed by atoms with Crippen LogP contribution in [-0.2, 0) is 18.9 Å². The van der Waals surface area contributed by atoms with E-state index in [0.717, 1.165) is 0 Å². The lowest BCUT2D eigenvalue weighted by molar-refractivity contribution is -0.314. The Balaban J connectivity index is 1.70. The SMILES string of the molecule is NCC1O[C@@H](OC2C(O)[C@@H](O[C@H]3OC(CO)[C@@H](O)[C@H](N)C3O)[C@H](N)C[C@@H]2N)C(N)C[C@@H]1O. The number of aliphatic hydroxyl groups excluding tert-OH is 5. The summed E-state index contributed by atoms with van der Waals surface area (Å²) in [5, 5.41) is 50.7. The van der Waals surface area contributed by atoms with Crippen molar-refractivity contribution < 1.29 is 44.5 Å². The summed E-state index contributed by atoms with van der Waals surface area (Å²) in [7, 11) is 0. The molecular formula is C18H37N5O9. The molecule has 15 N–H and O–H groups in total. The van der Waals surface area contributed by atoms with Crippen molar-refractivity contribution in [3.8, 4) is 0 Å². The quantitative estimate of drug-likeness (QED) is 0.174. The lowest BCUT2D eigenvalue weighted by Crippen LogP contribution is -2.68. The van der Waals surface area contributed by atoms with Crippen molar-refractivity contribution >= 4 is 0 Å². The Bertz CT molecular complexity index is 607. The molecule has 14 heteroatoms. The fourth-order valence-electron chi connectivity index (χ4n) is 4.43. The van der Waals surface area contributed by atoms with Crippen molar-refractivity contribution in [2.75, 3.05) is 13.2 Å². The topological polar surface area (TPSA) is 268 Å². The van der Waals surface area contributed by atoms with Gasteiger partial charge >= 0.3 is 0 Å². The molecule has 0 amide bonds. The standard InChI is InChI=1S/C18H37N5O9/c19-3-9-8(25)2-7(22)17(29-9)31-15-5(20)1-6(21)16(14(15)28)32-18-13(27)11(23)12(26)10(4-24)30-18/h5-18,24-28H,1-4,19-23H2/t5-,6+,7?,8-,9?,10?,11-,12+,13?,14?,15?,16-,17-,18+/m0/s1. The van der Waals surface area contributed by atoms with Crippen LogP contribution >= 0.6 is 0 Å². The highest BCUT2D eigenvalue weighted by atomic mass is 16.7. The molecule has 32 heavy (non-hydrogen) atoms. The zero-order chi connectivity index (χ0) is 23.7. The molecule has 3 rings (SSSR count). The van der Waals surface area contributed by atoms with Crippen molar-refractivity contribution in [2.45, 2.75) is 98.4 Å². The number of aliphatic hydroxyl groups is 5. The van der Waals surface area contributed by atoms with Gasteiger partial charge in [0.15, 0.2) is 12.6 Å². The maximum atomic E-state index is 11.0. The van der Waals surface area contributed by atoms with Gasteiger partial charge in [0.1, 0.15) is 36.6 Å². The van der Waals surface area contributed by atoms with E-state index in [1.54, 1.807) is 0 Å². The smallest absolute Gasteiger partial charge is 0.186 e. The Hall–Kier alpha value is -0.560. The molecule has 1 saturated carbocycles. The normalized spacial score (nSPS) is 52.7. The number of ether oxygens (including phenoxy) is 4. The van der Waals surface area contributed by atoms with E-state index in [2.05, 4.69) is 0 Å². The van der Waals surface area contributed by atoms with Gasteiger partial charge < -0.3 is 73.1 Å². The Morgan fingerprint density at radius 3 is 1.84 bits per heavy atom. The predicted molar refractivity (Wildman–Crippen MR) is 108 cm³/mol. The van der Waals surface area contributed by atoms with Gasteiger partial charge in [-0.05, 0) is 12.8 Å². The van der Waals surface area contributed by atoms with Crippen LogP contribution < -0.4 is 28.7 Å². The summed E-state index contributed by atoms with van der Waals surface area (Å²) >= 11 is 0. The Morgan fingerprint density at radius 1 is 0.719 bits per heavy atom. The third kappa shape index (κ3) is 5.24. The molecule has 0 bridgehead atoms. The largest absolute Gasteiger partial charge is 0.394 e. The lowest BCUT2D eigenvalue weighted by atomic mass is 9.84. The number of nitrogens with two attached hydrogens (primary N) is 5. The molecule has 14 nitrogen and oxygen atoms in total. The van der Waals surface area contributed by atoms with Gasteiger partial charge in [0, 0.05) is 18.6 Å². The molecule has 3 aliphatic rings. The molecule has 0 aromatic carbocycles. The van der Waals surface area contributed by atoms with Crippen molar-refractivity contribution in [1.29, 1.82) is 0 Å². The fraction of sp³-hybridized carbons (Fsp3) is 1.00. The van der Waals surface area contributed by atoms with Crippen LogP contribution in [0.5, 0.6) is 0 Å². The van der Waals surface area contributed by atoms with Crippen molar-refractivity contribution in [2.24, 2.45) is 28.7 Å².